The molecule has 1 aromatic rings. The molecule has 50 heavy (non-hydrogen) atoms. The molecule has 8 unspecified atom stereocenters. The summed E-state index contributed by atoms with van der Waals surface area (Å²) < 4.78 is 5.62. The number of hydrogen-bond acceptors (Lipinski definition) is 4. The molecule has 0 aliphatic heterocycles. The third kappa shape index (κ3) is 6.62. The number of nitrogens with one attached hydrogen (secondary N) is 1. The summed E-state index contributed by atoms with van der Waals surface area (Å²) in [5.74, 6) is 4.59. The maximum atomic E-state index is 13.8. The topological polar surface area (TPSA) is 55.4 Å². The molecule has 0 aromatic heterocycles. The lowest BCUT2D eigenvalue weighted by Crippen LogP contribution is -2.59. The monoisotopic (exact) mass is 684 g/mol. The summed E-state index contributed by atoms with van der Waals surface area (Å²) in [6.07, 6.45) is 16.1. The predicted molar refractivity (Wildman–Crippen MR) is 207 cm³/mol. The normalized spacial score (nSPS) is 36.4. The van der Waals surface area contributed by atoms with Gasteiger partial charge in [0.15, 0.2) is 5.78 Å². The van der Waals surface area contributed by atoms with Crippen LogP contribution >= 0.6 is 0 Å². The molecule has 0 bridgehead atoms. The molecule has 4 saturated carbocycles. The van der Waals surface area contributed by atoms with E-state index in [9.17, 15) is 9.59 Å². The van der Waals surface area contributed by atoms with Crippen molar-refractivity contribution in [3.8, 4) is 0 Å². The van der Waals surface area contributed by atoms with Gasteiger partial charge < -0.3 is 10.1 Å². The van der Waals surface area contributed by atoms with E-state index in [0.29, 0.717) is 57.7 Å². The number of hydrogen-bond donors (Lipinski definition) is 1. The molecule has 1 aromatic carbocycles. The van der Waals surface area contributed by atoms with Crippen molar-refractivity contribution in [2.24, 2.45) is 57.7 Å². The van der Waals surface area contributed by atoms with Gasteiger partial charge in [-0.2, -0.15) is 0 Å². The van der Waals surface area contributed by atoms with Gasteiger partial charge in [-0.1, -0.05) is 72.2 Å². The van der Waals surface area contributed by atoms with Crippen molar-refractivity contribution < 1.29 is 14.3 Å². The van der Waals surface area contributed by atoms with E-state index in [4.69, 9.17) is 4.74 Å². The Bertz CT molecular complexity index is 1490. The number of Topliss-reactive ketones (excluding diaryl/α,β-unsaturated/α-hetero) is 1. The quantitative estimate of drug-likeness (QED) is 0.219. The van der Waals surface area contributed by atoms with Crippen LogP contribution in [0.15, 0.2) is 41.5 Å². The van der Waals surface area contributed by atoms with Crippen LogP contribution in [0.1, 0.15) is 156 Å². The molecule has 0 spiro atoms. The van der Waals surface area contributed by atoms with Gasteiger partial charge in [-0.3, -0.25) is 4.79 Å². The first kappa shape index (κ1) is 37.6. The van der Waals surface area contributed by atoms with Crippen molar-refractivity contribution >= 4 is 17.3 Å². The number of fused-ring (bicyclic) bond motifs is 7. The lowest BCUT2D eigenvalue weighted by molar-refractivity contribution is -0.145. The molecule has 7 rings (SSSR count). The van der Waals surface area contributed by atoms with Crippen molar-refractivity contribution in [3.05, 3.63) is 52.6 Å². The molecule has 6 aliphatic rings. The zero-order valence-corrected chi connectivity index (χ0v) is 33.3. The van der Waals surface area contributed by atoms with E-state index < -0.39 is 5.60 Å². The van der Waals surface area contributed by atoms with Gasteiger partial charge in [-0.15, -0.1) is 0 Å². The second-order valence-electron chi connectivity index (χ2n) is 19.0. The molecule has 4 fully saturated rings. The van der Waals surface area contributed by atoms with Gasteiger partial charge in [0.25, 0.3) is 0 Å². The lowest BCUT2D eigenvalue weighted by Gasteiger charge is -2.66. The van der Waals surface area contributed by atoms with Crippen LogP contribution < -0.4 is 5.32 Å². The van der Waals surface area contributed by atoms with Crippen LogP contribution in [-0.2, 0) is 9.53 Å². The largest absolute Gasteiger partial charge is 0.456 e. The Balaban J connectivity index is 0.00000212. The number of carbonyl (C=O) groups excluding carboxylic acids is 2. The molecule has 276 valence electrons. The van der Waals surface area contributed by atoms with E-state index in [0.717, 1.165) is 38.3 Å². The summed E-state index contributed by atoms with van der Waals surface area (Å²) in [6, 6.07) is 8.18. The summed E-state index contributed by atoms with van der Waals surface area (Å²) in [4.78, 5) is 26.5. The van der Waals surface area contributed by atoms with Crippen molar-refractivity contribution in [2.45, 2.75) is 145 Å². The number of benzene rings is 1. The minimum atomic E-state index is -0.495. The standard InChI is InChI=1S/C44H63NO3.C2H6/c1-27(2)38-36(46)25-44(23-24-45-26-29-9-10-29)22-19-35-33(39(38)44)15-16-37-42(7)20-17-32(28(3)34(42)18-21-43(35,37)8)30-11-13-31(14-12-30)40(47)48-41(4,5)6;1-2/h11-14,17,27-29,33-35,37,45H,9-10,15-16,18-26H2,1-8H3;1-2H3. The van der Waals surface area contributed by atoms with Crippen molar-refractivity contribution in [1.29, 1.82) is 0 Å². The van der Waals surface area contributed by atoms with Crippen LogP contribution in [0.3, 0.4) is 0 Å². The summed E-state index contributed by atoms with van der Waals surface area (Å²) >= 11 is 0. The van der Waals surface area contributed by atoms with Gasteiger partial charge in [-0.25, -0.2) is 4.79 Å². The van der Waals surface area contributed by atoms with E-state index in [-0.39, 0.29) is 11.4 Å². The van der Waals surface area contributed by atoms with Crippen LogP contribution in [0.4, 0.5) is 0 Å². The van der Waals surface area contributed by atoms with Crippen molar-refractivity contribution in [3.63, 3.8) is 0 Å². The molecule has 4 heteroatoms. The summed E-state index contributed by atoms with van der Waals surface area (Å²) in [5, 5.41) is 3.80. The fourth-order valence-corrected chi connectivity index (χ4v) is 12.5. The number of allylic oxidation sites excluding steroid dienone is 4. The molecule has 1 N–H and O–H groups in total. The molecule has 8 atom stereocenters. The molecular formula is C46H69NO3. The van der Waals surface area contributed by atoms with E-state index in [1.54, 1.807) is 5.57 Å². The molecule has 0 amide bonds. The molecule has 0 heterocycles. The highest BCUT2D eigenvalue weighted by molar-refractivity contribution is 6.00. The third-order valence-corrected chi connectivity index (χ3v) is 14.7. The Morgan fingerprint density at radius 1 is 0.940 bits per heavy atom. The maximum absolute atomic E-state index is 13.8. The van der Waals surface area contributed by atoms with E-state index in [2.05, 4.69) is 58.1 Å². The summed E-state index contributed by atoms with van der Waals surface area (Å²) in [6.45, 7) is 24.3. The Morgan fingerprint density at radius 2 is 1.62 bits per heavy atom. The SMILES string of the molecule is CC.CC(C)C1=C2C3CCC4C5(C)CC=C(c6ccc(C(=O)OC(C)(C)C)cc6)C(C)C5CCC4(C)C3CCC2(CCNCC2CC2)CC1=O. The Hall–Kier alpha value is -2.20. The minimum Gasteiger partial charge on any atom is -0.456 e. The van der Waals surface area contributed by atoms with Crippen LogP contribution in [0.5, 0.6) is 0 Å². The average Bonchev–Trinajstić information content (AvgIpc) is 3.83. The number of ether oxygens (including phenoxy) is 1. The molecule has 0 radical (unpaired) electrons. The van der Waals surface area contributed by atoms with E-state index >= 15 is 0 Å². The zero-order valence-electron chi connectivity index (χ0n) is 33.3. The van der Waals surface area contributed by atoms with E-state index in [1.165, 1.54) is 68.1 Å². The van der Waals surface area contributed by atoms with Gasteiger partial charge >= 0.3 is 5.97 Å². The number of carbonyl (C=O) groups is 2. The molecule has 4 nitrogen and oxygen atoms in total. The first-order valence-electron chi connectivity index (χ1n) is 20.7. The molecule has 0 saturated heterocycles. The van der Waals surface area contributed by atoms with Gasteiger partial charge in [0.1, 0.15) is 5.60 Å². The average molecular weight is 684 g/mol. The predicted octanol–water partition coefficient (Wildman–Crippen LogP) is 11.3. The molecular weight excluding hydrogens is 615 g/mol. The Morgan fingerprint density at radius 3 is 2.26 bits per heavy atom. The lowest BCUT2D eigenvalue weighted by atomic mass is 9.38. The summed E-state index contributed by atoms with van der Waals surface area (Å²) in [7, 11) is 0. The minimum absolute atomic E-state index is 0.106. The highest BCUT2D eigenvalue weighted by Crippen LogP contribution is 2.72. The number of ketones is 1. The fraction of sp³-hybridized carbons (Fsp3) is 0.739. The van der Waals surface area contributed by atoms with Gasteiger partial charge in [0.05, 0.1) is 5.56 Å². The molecule has 6 aliphatic carbocycles. The first-order valence-corrected chi connectivity index (χ1v) is 20.7. The van der Waals surface area contributed by atoms with Crippen LogP contribution in [0.2, 0.25) is 0 Å². The van der Waals surface area contributed by atoms with Gasteiger partial charge in [0.2, 0.25) is 0 Å². The third-order valence-electron chi connectivity index (χ3n) is 14.7. The fourth-order valence-electron chi connectivity index (χ4n) is 12.5. The maximum Gasteiger partial charge on any atom is 0.338 e. The second kappa shape index (κ2) is 14.0. The van der Waals surface area contributed by atoms with Crippen molar-refractivity contribution in [2.75, 3.05) is 13.1 Å². The van der Waals surface area contributed by atoms with Crippen molar-refractivity contribution in [1.82, 2.24) is 5.32 Å². The summed E-state index contributed by atoms with van der Waals surface area (Å²) in [5.41, 5.74) is 6.45. The van der Waals surface area contributed by atoms with Crippen LogP contribution in [-0.4, -0.2) is 30.4 Å². The highest BCUT2D eigenvalue weighted by atomic mass is 16.6. The number of esters is 1. The van der Waals surface area contributed by atoms with Crippen LogP contribution in [0.25, 0.3) is 5.57 Å². The zero-order chi connectivity index (χ0) is 36.2. The van der Waals surface area contributed by atoms with Crippen LogP contribution in [0, 0.1) is 57.7 Å². The smallest absolute Gasteiger partial charge is 0.338 e. The number of rotatable bonds is 8. The second-order valence-corrected chi connectivity index (χ2v) is 19.0. The first-order chi connectivity index (χ1) is 23.7. The van der Waals surface area contributed by atoms with E-state index in [1.807, 2.05) is 46.8 Å². The Kier molecular flexibility index (Phi) is 10.5. The highest BCUT2D eigenvalue weighted by Gasteiger charge is 2.64. The van der Waals surface area contributed by atoms with Gasteiger partial charge in [0, 0.05) is 11.8 Å². The Labute approximate surface area is 305 Å². The van der Waals surface area contributed by atoms with Gasteiger partial charge in [-0.05, 0) is 179 Å².